The summed E-state index contributed by atoms with van der Waals surface area (Å²) >= 11 is 6.11. The Hall–Kier alpha value is -2.34. The van der Waals surface area contributed by atoms with Crippen molar-refractivity contribution in [3.63, 3.8) is 0 Å². The smallest absolute Gasteiger partial charge is 0.246 e. The van der Waals surface area contributed by atoms with Gasteiger partial charge >= 0.3 is 0 Å². The predicted octanol–water partition coefficient (Wildman–Crippen LogP) is 1.33. The van der Waals surface area contributed by atoms with Crippen LogP contribution < -0.4 is 5.73 Å². The van der Waals surface area contributed by atoms with Gasteiger partial charge in [0.25, 0.3) is 0 Å². The monoisotopic (exact) mass is 318 g/mol. The number of likely N-dealkylation sites (tertiary alicyclic amines) is 1. The molecule has 1 saturated heterocycles. The van der Waals surface area contributed by atoms with E-state index in [1.165, 1.54) is 6.08 Å². The van der Waals surface area contributed by atoms with E-state index in [-0.39, 0.29) is 17.7 Å². The molecule has 0 spiro atoms. The van der Waals surface area contributed by atoms with Crippen molar-refractivity contribution in [1.82, 2.24) is 14.3 Å². The molecular formula is C15H15ClN4O2. The van der Waals surface area contributed by atoms with Gasteiger partial charge in [-0.25, -0.2) is 4.98 Å². The van der Waals surface area contributed by atoms with Crippen LogP contribution in [-0.2, 0) is 9.59 Å². The molecule has 0 aliphatic carbocycles. The van der Waals surface area contributed by atoms with Crippen molar-refractivity contribution in [2.24, 2.45) is 11.7 Å². The van der Waals surface area contributed by atoms with E-state index >= 15 is 0 Å². The maximum atomic E-state index is 12.2. The lowest BCUT2D eigenvalue weighted by atomic mass is 10.1. The van der Waals surface area contributed by atoms with Gasteiger partial charge in [0.1, 0.15) is 5.65 Å². The molecule has 0 unspecified atom stereocenters. The third-order valence-electron chi connectivity index (χ3n) is 3.81. The summed E-state index contributed by atoms with van der Waals surface area (Å²) in [6.07, 6.45) is 5.54. The fourth-order valence-electron chi connectivity index (χ4n) is 2.58. The van der Waals surface area contributed by atoms with Crippen LogP contribution in [0.4, 0.5) is 0 Å². The number of nitrogens with two attached hydrogens (primary N) is 1. The zero-order chi connectivity index (χ0) is 15.7. The first kappa shape index (κ1) is 14.6. The summed E-state index contributed by atoms with van der Waals surface area (Å²) < 4.78 is 1.81. The Morgan fingerprint density at radius 1 is 1.41 bits per heavy atom. The van der Waals surface area contributed by atoms with Crippen molar-refractivity contribution < 1.29 is 9.59 Å². The van der Waals surface area contributed by atoms with E-state index in [0.29, 0.717) is 30.4 Å². The molecule has 3 rings (SSSR count). The average Bonchev–Trinajstić information content (AvgIpc) is 3.09. The summed E-state index contributed by atoms with van der Waals surface area (Å²) in [5.41, 5.74) is 6.64. The van der Waals surface area contributed by atoms with Gasteiger partial charge in [-0.1, -0.05) is 17.7 Å². The van der Waals surface area contributed by atoms with Gasteiger partial charge in [0, 0.05) is 25.4 Å². The fourth-order valence-corrected chi connectivity index (χ4v) is 2.82. The first-order valence-electron chi connectivity index (χ1n) is 6.95. The number of primary amides is 1. The summed E-state index contributed by atoms with van der Waals surface area (Å²) in [6.45, 7) is 0.914. The highest BCUT2D eigenvalue weighted by Crippen LogP contribution is 2.20. The highest BCUT2D eigenvalue weighted by molar-refractivity contribution is 6.31. The Balaban J connectivity index is 1.77. The molecule has 22 heavy (non-hydrogen) atoms. The van der Waals surface area contributed by atoms with Gasteiger partial charge in [0.05, 0.1) is 11.6 Å². The average molecular weight is 319 g/mol. The quantitative estimate of drug-likeness (QED) is 0.867. The first-order chi connectivity index (χ1) is 10.6. The Morgan fingerprint density at radius 3 is 2.95 bits per heavy atom. The zero-order valence-electron chi connectivity index (χ0n) is 11.8. The molecule has 2 aromatic heterocycles. The van der Waals surface area contributed by atoms with Crippen LogP contribution >= 0.6 is 11.6 Å². The van der Waals surface area contributed by atoms with E-state index in [2.05, 4.69) is 4.98 Å². The molecule has 1 aliphatic heterocycles. The van der Waals surface area contributed by atoms with Crippen LogP contribution in [0.15, 0.2) is 30.5 Å². The van der Waals surface area contributed by atoms with Crippen LogP contribution in [0.5, 0.6) is 0 Å². The van der Waals surface area contributed by atoms with Gasteiger partial charge in [-0.2, -0.15) is 0 Å². The predicted molar refractivity (Wildman–Crippen MR) is 83.1 cm³/mol. The number of carbonyl (C=O) groups is 2. The molecule has 2 aromatic rings. The number of amides is 2. The van der Waals surface area contributed by atoms with Crippen molar-refractivity contribution in [3.8, 4) is 0 Å². The van der Waals surface area contributed by atoms with Crippen molar-refractivity contribution >= 4 is 35.1 Å². The van der Waals surface area contributed by atoms with E-state index in [0.717, 1.165) is 5.65 Å². The lowest BCUT2D eigenvalue weighted by Crippen LogP contribution is -2.30. The molecular weight excluding hydrogens is 304 g/mol. The van der Waals surface area contributed by atoms with Crippen molar-refractivity contribution in [2.75, 3.05) is 13.1 Å². The second-order valence-corrected chi connectivity index (χ2v) is 5.58. The normalized spacial score (nSPS) is 18.4. The summed E-state index contributed by atoms with van der Waals surface area (Å²) in [6, 6.07) is 5.57. The molecule has 0 saturated carbocycles. The highest BCUT2D eigenvalue weighted by atomic mass is 35.5. The number of fused-ring (bicyclic) bond motifs is 1. The fraction of sp³-hybridized carbons (Fsp3) is 0.267. The summed E-state index contributed by atoms with van der Waals surface area (Å²) in [4.78, 5) is 29.1. The van der Waals surface area contributed by atoms with E-state index in [9.17, 15) is 9.59 Å². The molecule has 6 nitrogen and oxygen atoms in total. The summed E-state index contributed by atoms with van der Waals surface area (Å²) in [5, 5.41) is 0.340. The van der Waals surface area contributed by atoms with Crippen molar-refractivity contribution in [2.45, 2.75) is 6.42 Å². The molecule has 2 N–H and O–H groups in total. The zero-order valence-corrected chi connectivity index (χ0v) is 12.5. The summed E-state index contributed by atoms with van der Waals surface area (Å²) in [5.74, 6) is -0.772. The minimum atomic E-state index is -0.357. The molecule has 1 fully saturated rings. The Labute approximate surface area is 132 Å². The van der Waals surface area contributed by atoms with Crippen LogP contribution in [-0.4, -0.2) is 39.2 Å². The van der Waals surface area contributed by atoms with Crippen LogP contribution in [0.3, 0.4) is 0 Å². The molecule has 3 heterocycles. The number of hydrogen-bond acceptors (Lipinski definition) is 3. The first-order valence-corrected chi connectivity index (χ1v) is 7.33. The van der Waals surface area contributed by atoms with E-state index in [1.54, 1.807) is 11.0 Å². The van der Waals surface area contributed by atoms with Gasteiger partial charge < -0.3 is 10.6 Å². The molecule has 1 atom stereocenters. The minimum absolute atomic E-state index is 0.161. The molecule has 7 heteroatoms. The highest BCUT2D eigenvalue weighted by Gasteiger charge is 2.28. The number of aromatic nitrogens is 2. The SMILES string of the molecule is NC(=O)[C@@H]1CCN(C(=O)/C=C/c2c(Cl)nc3ccccn23)C1. The largest absolute Gasteiger partial charge is 0.369 e. The van der Waals surface area contributed by atoms with Crippen LogP contribution in [0.25, 0.3) is 11.7 Å². The Kier molecular flexibility index (Phi) is 3.85. The van der Waals surface area contributed by atoms with Gasteiger partial charge in [-0.15, -0.1) is 0 Å². The number of hydrogen-bond donors (Lipinski definition) is 1. The number of nitrogens with zero attached hydrogens (tertiary/aromatic N) is 3. The molecule has 0 bridgehead atoms. The lowest BCUT2D eigenvalue weighted by molar-refractivity contribution is -0.125. The molecule has 114 valence electrons. The van der Waals surface area contributed by atoms with E-state index < -0.39 is 0 Å². The maximum absolute atomic E-state index is 12.2. The standard InChI is InChI=1S/C15H15ClN4O2/c16-14-11(20-7-2-1-3-12(20)18-14)4-5-13(21)19-8-6-10(9-19)15(17)22/h1-5,7,10H,6,8-9H2,(H2,17,22)/b5-4+/t10-/m1/s1. The number of pyridine rings is 1. The van der Waals surface area contributed by atoms with Crippen molar-refractivity contribution in [3.05, 3.63) is 41.3 Å². The van der Waals surface area contributed by atoms with Gasteiger partial charge in [0.15, 0.2) is 5.15 Å². The van der Waals surface area contributed by atoms with Crippen molar-refractivity contribution in [1.29, 1.82) is 0 Å². The van der Waals surface area contributed by atoms with Gasteiger partial charge in [0.2, 0.25) is 11.8 Å². The number of imidazole rings is 1. The van der Waals surface area contributed by atoms with Crippen LogP contribution in [0.2, 0.25) is 5.15 Å². The third kappa shape index (κ3) is 2.69. The molecule has 0 radical (unpaired) electrons. The molecule has 1 aliphatic rings. The number of halogens is 1. The lowest BCUT2D eigenvalue weighted by Gasteiger charge is -2.13. The van der Waals surface area contributed by atoms with Gasteiger partial charge in [-0.3, -0.25) is 14.0 Å². The Morgan fingerprint density at radius 2 is 2.23 bits per heavy atom. The minimum Gasteiger partial charge on any atom is -0.369 e. The second kappa shape index (κ2) is 5.81. The topological polar surface area (TPSA) is 80.7 Å². The van der Waals surface area contributed by atoms with E-state index in [4.69, 9.17) is 17.3 Å². The molecule has 2 amide bonds. The van der Waals surface area contributed by atoms with Crippen LogP contribution in [0, 0.1) is 5.92 Å². The van der Waals surface area contributed by atoms with E-state index in [1.807, 2.05) is 28.8 Å². The second-order valence-electron chi connectivity index (χ2n) is 5.22. The number of carbonyl (C=O) groups excluding carboxylic acids is 2. The Bertz CT molecular complexity index is 768. The number of rotatable bonds is 3. The third-order valence-corrected chi connectivity index (χ3v) is 4.09. The molecule has 0 aromatic carbocycles. The van der Waals surface area contributed by atoms with Gasteiger partial charge in [-0.05, 0) is 24.6 Å². The van der Waals surface area contributed by atoms with Crippen LogP contribution in [0.1, 0.15) is 12.1 Å². The maximum Gasteiger partial charge on any atom is 0.246 e. The summed E-state index contributed by atoms with van der Waals surface area (Å²) in [7, 11) is 0.